The van der Waals surface area contributed by atoms with Crippen LogP contribution in [-0.4, -0.2) is 6.54 Å². The Hall–Kier alpha value is -1.58. The van der Waals surface area contributed by atoms with Gasteiger partial charge in [0.1, 0.15) is 11.5 Å². The van der Waals surface area contributed by atoms with E-state index in [9.17, 15) is 0 Å². The maximum Gasteiger partial charge on any atom is 0.122 e. The number of hydrogen-bond donors (Lipinski definition) is 2. The highest BCUT2D eigenvalue weighted by Crippen LogP contribution is 2.16. The van der Waals surface area contributed by atoms with E-state index < -0.39 is 0 Å². The first kappa shape index (κ1) is 12.9. The third kappa shape index (κ3) is 3.22. The number of rotatable bonds is 6. The summed E-state index contributed by atoms with van der Waals surface area (Å²) in [7, 11) is 0. The van der Waals surface area contributed by atoms with Gasteiger partial charge in [0, 0.05) is 19.5 Å². The van der Waals surface area contributed by atoms with Gasteiger partial charge in [-0.3, -0.25) is 0 Å². The molecule has 18 heavy (non-hydrogen) atoms. The molecule has 1 aromatic carbocycles. The van der Waals surface area contributed by atoms with Crippen molar-refractivity contribution in [1.29, 1.82) is 0 Å². The molecule has 0 amide bonds. The molecule has 0 aliphatic carbocycles. The number of nitrogens with one attached hydrogen (secondary N) is 1. The molecule has 3 heteroatoms. The average Bonchev–Trinajstić information content (AvgIpc) is 2.89. The lowest BCUT2D eigenvalue weighted by Gasteiger charge is -2.14. The minimum Gasteiger partial charge on any atom is -0.464 e. The van der Waals surface area contributed by atoms with Crippen LogP contribution in [0.15, 0.2) is 46.9 Å². The van der Waals surface area contributed by atoms with E-state index in [0.717, 1.165) is 24.5 Å². The predicted octanol–water partition coefficient (Wildman–Crippen LogP) is 2.63. The zero-order valence-electron chi connectivity index (χ0n) is 10.7. The van der Waals surface area contributed by atoms with E-state index in [0.29, 0.717) is 6.54 Å². The second kappa shape index (κ2) is 6.38. The fourth-order valence-electron chi connectivity index (χ4n) is 1.91. The average molecular weight is 244 g/mol. The molecule has 96 valence electrons. The molecule has 2 rings (SSSR count). The van der Waals surface area contributed by atoms with Crippen molar-refractivity contribution in [1.82, 2.24) is 5.32 Å². The van der Waals surface area contributed by atoms with Crippen molar-refractivity contribution in [3.8, 4) is 0 Å². The van der Waals surface area contributed by atoms with Gasteiger partial charge in [-0.05, 0) is 17.7 Å². The number of nitrogens with two attached hydrogens (primary N) is 1. The summed E-state index contributed by atoms with van der Waals surface area (Å²) in [6.45, 7) is 3.41. The molecule has 0 aliphatic heterocycles. The Morgan fingerprint density at radius 2 is 1.94 bits per heavy atom. The summed E-state index contributed by atoms with van der Waals surface area (Å²) in [6, 6.07) is 14.4. The van der Waals surface area contributed by atoms with Gasteiger partial charge in [-0.15, -0.1) is 0 Å². The zero-order valence-corrected chi connectivity index (χ0v) is 10.7. The Morgan fingerprint density at radius 1 is 1.17 bits per heavy atom. The summed E-state index contributed by atoms with van der Waals surface area (Å²) in [6.07, 6.45) is 0.913. The van der Waals surface area contributed by atoms with Crippen molar-refractivity contribution < 1.29 is 4.42 Å². The van der Waals surface area contributed by atoms with E-state index in [1.807, 2.05) is 30.3 Å². The van der Waals surface area contributed by atoms with Crippen molar-refractivity contribution >= 4 is 0 Å². The van der Waals surface area contributed by atoms with Gasteiger partial charge in [-0.2, -0.15) is 0 Å². The number of hydrogen-bond acceptors (Lipinski definition) is 3. The Labute approximate surface area is 108 Å². The summed E-state index contributed by atoms with van der Waals surface area (Å²) in [5, 5.41) is 3.42. The molecule has 1 heterocycles. The Balaban J connectivity index is 1.97. The van der Waals surface area contributed by atoms with Crippen LogP contribution in [0.2, 0.25) is 0 Å². The summed E-state index contributed by atoms with van der Waals surface area (Å²) in [5.41, 5.74) is 7.05. The lowest BCUT2D eigenvalue weighted by molar-refractivity contribution is 0.397. The molecular weight excluding hydrogens is 224 g/mol. The molecule has 1 aromatic heterocycles. The van der Waals surface area contributed by atoms with Crippen LogP contribution in [0, 0.1) is 0 Å². The zero-order chi connectivity index (χ0) is 12.8. The quantitative estimate of drug-likeness (QED) is 0.821. The van der Waals surface area contributed by atoms with Crippen molar-refractivity contribution in [2.75, 3.05) is 6.54 Å². The number of benzene rings is 1. The van der Waals surface area contributed by atoms with E-state index in [-0.39, 0.29) is 6.04 Å². The topological polar surface area (TPSA) is 51.2 Å². The Bertz CT molecular complexity index is 464. The van der Waals surface area contributed by atoms with Crippen LogP contribution >= 0.6 is 0 Å². The van der Waals surface area contributed by atoms with Gasteiger partial charge in [-0.1, -0.05) is 37.3 Å². The highest BCUT2D eigenvalue weighted by Gasteiger charge is 2.13. The maximum atomic E-state index is 5.80. The first-order chi connectivity index (χ1) is 8.83. The first-order valence-electron chi connectivity index (χ1n) is 6.39. The number of aryl methyl sites for hydroxylation is 1. The molecule has 0 radical (unpaired) electrons. The SMILES string of the molecule is CCc1ccc(C(CN)NCc2ccccc2)o1. The van der Waals surface area contributed by atoms with E-state index in [1.165, 1.54) is 5.56 Å². The first-order valence-corrected chi connectivity index (χ1v) is 6.39. The molecular formula is C15H20N2O. The summed E-state index contributed by atoms with van der Waals surface area (Å²) >= 11 is 0. The van der Waals surface area contributed by atoms with Crippen molar-refractivity contribution in [2.45, 2.75) is 25.9 Å². The van der Waals surface area contributed by atoms with Crippen molar-refractivity contribution in [3.05, 3.63) is 59.5 Å². The molecule has 0 spiro atoms. The van der Waals surface area contributed by atoms with Gasteiger partial charge < -0.3 is 15.5 Å². The fourth-order valence-corrected chi connectivity index (χ4v) is 1.91. The fraction of sp³-hybridized carbons (Fsp3) is 0.333. The standard InChI is InChI=1S/C15H20N2O/c1-2-13-8-9-15(18-13)14(10-16)17-11-12-6-4-3-5-7-12/h3-9,14,17H,2,10-11,16H2,1H3. The van der Waals surface area contributed by atoms with Crippen LogP contribution in [0.4, 0.5) is 0 Å². The molecule has 3 nitrogen and oxygen atoms in total. The third-order valence-corrected chi connectivity index (χ3v) is 3.01. The number of furan rings is 1. The van der Waals surface area contributed by atoms with Crippen molar-refractivity contribution in [3.63, 3.8) is 0 Å². The van der Waals surface area contributed by atoms with Gasteiger partial charge in [0.05, 0.1) is 6.04 Å². The van der Waals surface area contributed by atoms with Gasteiger partial charge in [-0.25, -0.2) is 0 Å². The Kier molecular flexibility index (Phi) is 4.56. The van der Waals surface area contributed by atoms with Crippen LogP contribution in [0.25, 0.3) is 0 Å². The van der Waals surface area contributed by atoms with Crippen LogP contribution in [0.5, 0.6) is 0 Å². The highest BCUT2D eigenvalue weighted by molar-refractivity contribution is 5.16. The van der Waals surface area contributed by atoms with E-state index in [1.54, 1.807) is 0 Å². The van der Waals surface area contributed by atoms with Crippen LogP contribution < -0.4 is 11.1 Å². The smallest absolute Gasteiger partial charge is 0.122 e. The molecule has 0 bridgehead atoms. The minimum absolute atomic E-state index is 0.0745. The highest BCUT2D eigenvalue weighted by atomic mass is 16.3. The van der Waals surface area contributed by atoms with E-state index in [4.69, 9.17) is 10.2 Å². The van der Waals surface area contributed by atoms with Crippen LogP contribution in [0.1, 0.15) is 30.0 Å². The predicted molar refractivity (Wildman–Crippen MR) is 73.2 cm³/mol. The Morgan fingerprint density at radius 3 is 2.56 bits per heavy atom. The molecule has 0 saturated carbocycles. The second-order valence-corrected chi connectivity index (χ2v) is 4.31. The summed E-state index contributed by atoms with van der Waals surface area (Å²) in [4.78, 5) is 0. The lowest BCUT2D eigenvalue weighted by Crippen LogP contribution is -2.27. The molecule has 3 N–H and O–H groups in total. The minimum atomic E-state index is 0.0745. The summed E-state index contributed by atoms with van der Waals surface area (Å²) < 4.78 is 5.73. The maximum absolute atomic E-state index is 5.80. The third-order valence-electron chi connectivity index (χ3n) is 3.01. The van der Waals surface area contributed by atoms with E-state index in [2.05, 4.69) is 24.4 Å². The summed E-state index contributed by atoms with van der Waals surface area (Å²) in [5.74, 6) is 1.93. The molecule has 0 fully saturated rings. The van der Waals surface area contributed by atoms with Crippen molar-refractivity contribution in [2.24, 2.45) is 5.73 Å². The largest absolute Gasteiger partial charge is 0.464 e. The molecule has 0 saturated heterocycles. The van der Waals surface area contributed by atoms with E-state index >= 15 is 0 Å². The normalized spacial score (nSPS) is 12.6. The van der Waals surface area contributed by atoms with Gasteiger partial charge >= 0.3 is 0 Å². The van der Waals surface area contributed by atoms with Crippen LogP contribution in [-0.2, 0) is 13.0 Å². The monoisotopic (exact) mass is 244 g/mol. The molecule has 0 aliphatic rings. The second-order valence-electron chi connectivity index (χ2n) is 4.31. The van der Waals surface area contributed by atoms with Gasteiger partial charge in [0.2, 0.25) is 0 Å². The van der Waals surface area contributed by atoms with Gasteiger partial charge in [0.15, 0.2) is 0 Å². The lowest BCUT2D eigenvalue weighted by atomic mass is 10.2. The molecule has 2 aromatic rings. The molecule has 1 atom stereocenters. The van der Waals surface area contributed by atoms with Gasteiger partial charge in [0.25, 0.3) is 0 Å². The molecule has 1 unspecified atom stereocenters. The van der Waals surface area contributed by atoms with Crippen LogP contribution in [0.3, 0.4) is 0 Å².